The van der Waals surface area contributed by atoms with E-state index in [2.05, 4.69) is 15.2 Å². The molecule has 0 saturated carbocycles. The van der Waals surface area contributed by atoms with E-state index in [-0.39, 0.29) is 5.56 Å². The predicted molar refractivity (Wildman–Crippen MR) is 67.9 cm³/mol. The van der Waals surface area contributed by atoms with E-state index in [1.54, 1.807) is 23.0 Å². The second-order valence-corrected chi connectivity index (χ2v) is 4.22. The molecule has 3 aromatic rings. The number of carboxylic acid groups (broad SMARTS) is 1. The van der Waals surface area contributed by atoms with Gasteiger partial charge in [-0.1, -0.05) is 0 Å². The highest BCUT2D eigenvalue weighted by molar-refractivity contribution is 5.88. The lowest BCUT2D eigenvalue weighted by Crippen LogP contribution is -1.98. The molecule has 0 aromatic carbocycles. The van der Waals surface area contributed by atoms with Crippen molar-refractivity contribution in [2.24, 2.45) is 0 Å². The van der Waals surface area contributed by atoms with Gasteiger partial charge in [-0.25, -0.2) is 4.79 Å². The minimum absolute atomic E-state index is 0.189. The predicted octanol–water partition coefficient (Wildman–Crippen LogP) is 1.80. The molecule has 19 heavy (non-hydrogen) atoms. The number of hydrogen-bond donors (Lipinski definition) is 1. The Labute approximate surface area is 108 Å². The quantitative estimate of drug-likeness (QED) is 0.754. The molecule has 3 heterocycles. The van der Waals surface area contributed by atoms with Gasteiger partial charge < -0.3 is 5.11 Å². The van der Waals surface area contributed by atoms with E-state index in [0.29, 0.717) is 11.5 Å². The largest absolute Gasteiger partial charge is 0.478 e. The van der Waals surface area contributed by atoms with E-state index < -0.39 is 5.97 Å². The highest BCUT2D eigenvalue weighted by Crippen LogP contribution is 2.18. The first-order valence-corrected chi connectivity index (χ1v) is 5.65. The zero-order valence-corrected chi connectivity index (χ0v) is 10.1. The minimum Gasteiger partial charge on any atom is -0.478 e. The number of rotatable bonds is 2. The number of fused-ring (bicyclic) bond motifs is 1. The topological polar surface area (TPSA) is 80.4 Å². The lowest BCUT2D eigenvalue weighted by Gasteiger charge is -2.01. The fourth-order valence-corrected chi connectivity index (χ4v) is 1.90. The van der Waals surface area contributed by atoms with Crippen LogP contribution >= 0.6 is 0 Å². The molecular weight excluding hydrogens is 244 g/mol. The third-order valence-electron chi connectivity index (χ3n) is 2.79. The lowest BCUT2D eigenvalue weighted by molar-refractivity contribution is 0.0697. The highest BCUT2D eigenvalue weighted by Gasteiger charge is 2.11. The van der Waals surface area contributed by atoms with E-state index in [4.69, 9.17) is 5.11 Å². The Kier molecular flexibility index (Phi) is 2.49. The van der Waals surface area contributed by atoms with Crippen molar-refractivity contribution in [2.45, 2.75) is 6.92 Å². The van der Waals surface area contributed by atoms with Crippen LogP contribution in [0.15, 0.2) is 36.8 Å². The van der Waals surface area contributed by atoms with E-state index in [1.165, 1.54) is 12.1 Å². The molecule has 0 fully saturated rings. The van der Waals surface area contributed by atoms with Gasteiger partial charge in [-0.15, -0.1) is 10.2 Å². The van der Waals surface area contributed by atoms with Crippen LogP contribution in [-0.4, -0.2) is 30.7 Å². The normalized spacial score (nSPS) is 10.8. The standard InChI is InChI=1S/C13H10N4O2/c1-8-4-10(7-14-6-8)12-16-15-11-5-9(13(18)19)2-3-17(11)12/h2-7H,1H3,(H,18,19). The summed E-state index contributed by atoms with van der Waals surface area (Å²) in [4.78, 5) is 15.0. The molecule has 0 radical (unpaired) electrons. The third kappa shape index (κ3) is 1.93. The molecular formula is C13H10N4O2. The summed E-state index contributed by atoms with van der Waals surface area (Å²) in [6.45, 7) is 1.95. The van der Waals surface area contributed by atoms with Crippen LogP contribution in [0.3, 0.4) is 0 Å². The number of aromatic nitrogens is 4. The molecule has 1 N–H and O–H groups in total. The maximum absolute atomic E-state index is 10.9. The van der Waals surface area contributed by atoms with Crippen molar-refractivity contribution in [1.29, 1.82) is 0 Å². The average molecular weight is 254 g/mol. The van der Waals surface area contributed by atoms with Gasteiger partial charge >= 0.3 is 5.97 Å². The Morgan fingerprint density at radius 1 is 1.26 bits per heavy atom. The molecule has 0 atom stereocenters. The van der Waals surface area contributed by atoms with Crippen LogP contribution in [0, 0.1) is 6.92 Å². The molecule has 0 aliphatic carbocycles. The second kappa shape index (κ2) is 4.16. The maximum atomic E-state index is 10.9. The first-order valence-electron chi connectivity index (χ1n) is 5.65. The molecule has 0 spiro atoms. The summed E-state index contributed by atoms with van der Waals surface area (Å²) >= 11 is 0. The maximum Gasteiger partial charge on any atom is 0.335 e. The van der Waals surface area contributed by atoms with E-state index in [0.717, 1.165) is 11.1 Å². The lowest BCUT2D eigenvalue weighted by atomic mass is 10.2. The van der Waals surface area contributed by atoms with Crippen molar-refractivity contribution in [3.63, 3.8) is 0 Å². The fourth-order valence-electron chi connectivity index (χ4n) is 1.90. The van der Waals surface area contributed by atoms with Crippen molar-refractivity contribution >= 4 is 11.6 Å². The average Bonchev–Trinajstić information content (AvgIpc) is 2.81. The van der Waals surface area contributed by atoms with E-state index in [1.807, 2.05) is 13.0 Å². The van der Waals surface area contributed by atoms with E-state index in [9.17, 15) is 4.79 Å². The molecule has 94 valence electrons. The Morgan fingerprint density at radius 2 is 2.11 bits per heavy atom. The number of aryl methyl sites for hydroxylation is 1. The molecule has 0 aliphatic heterocycles. The van der Waals surface area contributed by atoms with Crippen LogP contribution in [0.2, 0.25) is 0 Å². The molecule has 0 bridgehead atoms. The van der Waals surface area contributed by atoms with Gasteiger partial charge in [0.15, 0.2) is 11.5 Å². The first kappa shape index (κ1) is 11.3. The Hall–Kier alpha value is -2.76. The molecule has 3 aromatic heterocycles. The van der Waals surface area contributed by atoms with Gasteiger partial charge in [0.1, 0.15) is 0 Å². The van der Waals surface area contributed by atoms with Crippen LogP contribution in [0.25, 0.3) is 17.0 Å². The van der Waals surface area contributed by atoms with E-state index >= 15 is 0 Å². The number of aromatic carboxylic acids is 1. The van der Waals surface area contributed by atoms with Crippen LogP contribution in [0.5, 0.6) is 0 Å². The summed E-state index contributed by atoms with van der Waals surface area (Å²) in [5.74, 6) is -0.340. The highest BCUT2D eigenvalue weighted by atomic mass is 16.4. The summed E-state index contributed by atoms with van der Waals surface area (Å²) < 4.78 is 1.74. The summed E-state index contributed by atoms with van der Waals surface area (Å²) in [6, 6.07) is 4.96. The summed E-state index contributed by atoms with van der Waals surface area (Å²) in [5, 5.41) is 17.0. The van der Waals surface area contributed by atoms with Gasteiger partial charge in [0, 0.05) is 24.2 Å². The minimum atomic E-state index is -0.982. The molecule has 0 unspecified atom stereocenters. The zero-order chi connectivity index (χ0) is 13.4. The van der Waals surface area contributed by atoms with Crippen molar-refractivity contribution in [1.82, 2.24) is 19.6 Å². The number of carbonyl (C=O) groups is 1. The monoisotopic (exact) mass is 254 g/mol. The number of hydrogen-bond acceptors (Lipinski definition) is 4. The molecule has 0 aliphatic rings. The van der Waals surface area contributed by atoms with Gasteiger partial charge in [-0.2, -0.15) is 0 Å². The van der Waals surface area contributed by atoms with Crippen LogP contribution in [0.1, 0.15) is 15.9 Å². The molecule has 6 heteroatoms. The Bertz CT molecular complexity index is 779. The smallest absolute Gasteiger partial charge is 0.335 e. The zero-order valence-electron chi connectivity index (χ0n) is 10.1. The molecule has 3 rings (SSSR count). The summed E-state index contributed by atoms with van der Waals surface area (Å²) in [6.07, 6.45) is 5.11. The Balaban J connectivity index is 2.18. The second-order valence-electron chi connectivity index (χ2n) is 4.22. The first-order chi connectivity index (χ1) is 9.15. The van der Waals surface area contributed by atoms with Gasteiger partial charge in [-0.3, -0.25) is 9.38 Å². The van der Waals surface area contributed by atoms with Gasteiger partial charge in [0.25, 0.3) is 0 Å². The van der Waals surface area contributed by atoms with Crippen molar-refractivity contribution in [3.05, 3.63) is 47.9 Å². The molecule has 6 nitrogen and oxygen atoms in total. The van der Waals surface area contributed by atoms with Gasteiger partial charge in [0.2, 0.25) is 0 Å². The number of nitrogens with zero attached hydrogens (tertiary/aromatic N) is 4. The van der Waals surface area contributed by atoms with Crippen molar-refractivity contribution in [2.75, 3.05) is 0 Å². The Morgan fingerprint density at radius 3 is 2.84 bits per heavy atom. The number of carboxylic acids is 1. The van der Waals surface area contributed by atoms with Crippen LogP contribution < -0.4 is 0 Å². The fraction of sp³-hybridized carbons (Fsp3) is 0.0769. The van der Waals surface area contributed by atoms with Crippen molar-refractivity contribution < 1.29 is 9.90 Å². The van der Waals surface area contributed by atoms with Gasteiger partial charge in [0.05, 0.1) is 5.56 Å². The van der Waals surface area contributed by atoms with Gasteiger partial charge in [-0.05, 0) is 30.7 Å². The van der Waals surface area contributed by atoms with Crippen LogP contribution in [0.4, 0.5) is 0 Å². The summed E-state index contributed by atoms with van der Waals surface area (Å²) in [5.41, 5.74) is 2.55. The van der Waals surface area contributed by atoms with Crippen molar-refractivity contribution in [3.8, 4) is 11.4 Å². The third-order valence-corrected chi connectivity index (χ3v) is 2.79. The number of pyridine rings is 2. The summed E-state index contributed by atoms with van der Waals surface area (Å²) in [7, 11) is 0. The molecule has 0 amide bonds. The van der Waals surface area contributed by atoms with Crippen LogP contribution in [-0.2, 0) is 0 Å². The SMILES string of the molecule is Cc1cncc(-c2nnc3cc(C(=O)O)ccn23)c1. The molecule has 0 saturated heterocycles.